The molecule has 0 saturated carbocycles. The Labute approximate surface area is 154 Å². The number of para-hydroxylation sites is 1. The fourth-order valence-corrected chi connectivity index (χ4v) is 4.21. The molecule has 0 spiro atoms. The Bertz CT molecular complexity index is 796. The minimum absolute atomic E-state index is 0.122. The highest BCUT2D eigenvalue weighted by Crippen LogP contribution is 2.34. The maximum absolute atomic E-state index is 12.2. The van der Waals surface area contributed by atoms with E-state index in [2.05, 4.69) is 16.4 Å². The Morgan fingerprint density at radius 2 is 2.21 bits per heavy atom. The number of nitrogens with one attached hydrogen (secondary N) is 1. The molecule has 0 atom stereocenters. The molecule has 0 bridgehead atoms. The van der Waals surface area contributed by atoms with E-state index in [0.29, 0.717) is 16.5 Å². The van der Waals surface area contributed by atoms with Crippen molar-refractivity contribution in [2.45, 2.75) is 5.75 Å². The topological polar surface area (TPSA) is 50.7 Å². The standard InChI is InChI=1S/C17H15ClN2O2S2/c1-22-15-7-6-12(18)8-14(15)19-16(21)10-24-17-20-13-5-3-2-4-11(13)9-23-17/h2-8H,9-10H2,1H3,(H,19,21). The first-order valence-corrected chi connectivity index (χ1v) is 9.56. The number of nitrogens with zero attached hydrogens (tertiary/aromatic N) is 1. The van der Waals surface area contributed by atoms with Gasteiger partial charge in [0, 0.05) is 10.8 Å². The number of carbonyl (C=O) groups is 1. The van der Waals surface area contributed by atoms with E-state index in [1.54, 1.807) is 37.1 Å². The summed E-state index contributed by atoms with van der Waals surface area (Å²) in [5.74, 6) is 1.62. The van der Waals surface area contributed by atoms with Gasteiger partial charge in [-0.25, -0.2) is 4.99 Å². The molecule has 0 unspecified atom stereocenters. The number of carbonyl (C=O) groups excluding carboxylic acids is 1. The summed E-state index contributed by atoms with van der Waals surface area (Å²) >= 11 is 9.05. The number of ether oxygens (including phenoxy) is 1. The van der Waals surface area contributed by atoms with Crippen molar-refractivity contribution in [3.63, 3.8) is 0 Å². The van der Waals surface area contributed by atoms with E-state index in [9.17, 15) is 4.79 Å². The third kappa shape index (κ3) is 4.26. The molecule has 0 aliphatic carbocycles. The first-order valence-electron chi connectivity index (χ1n) is 7.21. The van der Waals surface area contributed by atoms with Crippen molar-refractivity contribution in [3.8, 4) is 5.75 Å². The molecule has 0 radical (unpaired) electrons. The number of hydrogen-bond acceptors (Lipinski definition) is 5. The summed E-state index contributed by atoms with van der Waals surface area (Å²) in [4.78, 5) is 16.8. The molecule has 2 aromatic carbocycles. The highest BCUT2D eigenvalue weighted by molar-refractivity contribution is 8.38. The van der Waals surface area contributed by atoms with Crippen LogP contribution in [0.5, 0.6) is 5.75 Å². The lowest BCUT2D eigenvalue weighted by Gasteiger charge is -2.14. The summed E-state index contributed by atoms with van der Waals surface area (Å²) in [6, 6.07) is 13.2. The predicted octanol–water partition coefficient (Wildman–Crippen LogP) is 4.95. The van der Waals surface area contributed by atoms with Crippen LogP contribution in [-0.4, -0.2) is 23.1 Å². The van der Waals surface area contributed by atoms with Gasteiger partial charge < -0.3 is 10.1 Å². The minimum Gasteiger partial charge on any atom is -0.495 e. The van der Waals surface area contributed by atoms with Crippen LogP contribution >= 0.6 is 35.1 Å². The van der Waals surface area contributed by atoms with E-state index < -0.39 is 0 Å². The number of hydrogen-bond donors (Lipinski definition) is 1. The summed E-state index contributed by atoms with van der Waals surface area (Å²) in [5.41, 5.74) is 2.77. The Morgan fingerprint density at radius 3 is 3.04 bits per heavy atom. The van der Waals surface area contributed by atoms with Crippen LogP contribution in [0.4, 0.5) is 11.4 Å². The van der Waals surface area contributed by atoms with Crippen LogP contribution in [0, 0.1) is 0 Å². The SMILES string of the molecule is COc1ccc(Cl)cc1NC(=O)CSC1=Nc2ccccc2CS1. The lowest BCUT2D eigenvalue weighted by Crippen LogP contribution is -2.15. The number of thioether (sulfide) groups is 2. The number of amides is 1. The van der Waals surface area contributed by atoms with E-state index in [-0.39, 0.29) is 11.7 Å². The molecular weight excluding hydrogens is 364 g/mol. The largest absolute Gasteiger partial charge is 0.495 e. The van der Waals surface area contributed by atoms with Gasteiger partial charge in [-0.05, 0) is 29.8 Å². The Kier molecular flexibility index (Phi) is 5.71. The molecule has 1 amide bonds. The van der Waals surface area contributed by atoms with Gasteiger partial charge in [0.15, 0.2) is 0 Å². The van der Waals surface area contributed by atoms with Gasteiger partial charge in [0.05, 0.1) is 24.2 Å². The fourth-order valence-electron chi connectivity index (χ4n) is 2.18. The first-order chi connectivity index (χ1) is 11.7. The van der Waals surface area contributed by atoms with Crippen LogP contribution in [0.3, 0.4) is 0 Å². The van der Waals surface area contributed by atoms with Crippen molar-refractivity contribution in [3.05, 3.63) is 53.1 Å². The quantitative estimate of drug-likeness (QED) is 0.817. The van der Waals surface area contributed by atoms with Crippen molar-refractivity contribution in [2.24, 2.45) is 4.99 Å². The van der Waals surface area contributed by atoms with Gasteiger partial charge >= 0.3 is 0 Å². The monoisotopic (exact) mass is 378 g/mol. The first kappa shape index (κ1) is 17.2. The summed E-state index contributed by atoms with van der Waals surface area (Å²) in [6.07, 6.45) is 0. The number of fused-ring (bicyclic) bond motifs is 1. The van der Waals surface area contributed by atoms with Gasteiger partial charge in [-0.15, -0.1) is 0 Å². The molecule has 0 fully saturated rings. The Balaban J connectivity index is 1.61. The van der Waals surface area contributed by atoms with Gasteiger partial charge in [-0.3, -0.25) is 4.79 Å². The van der Waals surface area contributed by atoms with Gasteiger partial charge in [0.2, 0.25) is 5.91 Å². The second-order valence-corrected chi connectivity index (χ2v) is 7.60. The van der Waals surface area contributed by atoms with Crippen LogP contribution in [-0.2, 0) is 10.5 Å². The third-order valence-corrected chi connectivity index (χ3v) is 5.80. The number of anilines is 1. The summed E-state index contributed by atoms with van der Waals surface area (Å²) < 4.78 is 6.13. The maximum Gasteiger partial charge on any atom is 0.234 e. The van der Waals surface area contributed by atoms with Gasteiger partial charge in [-0.1, -0.05) is 53.3 Å². The molecule has 7 heteroatoms. The van der Waals surface area contributed by atoms with Crippen molar-refractivity contribution in [1.82, 2.24) is 0 Å². The molecule has 1 aliphatic rings. The molecule has 1 aliphatic heterocycles. The lowest BCUT2D eigenvalue weighted by molar-refractivity contribution is -0.113. The summed E-state index contributed by atoms with van der Waals surface area (Å²) in [5, 5.41) is 3.37. The van der Waals surface area contributed by atoms with Crippen LogP contribution < -0.4 is 10.1 Å². The zero-order chi connectivity index (χ0) is 16.9. The van der Waals surface area contributed by atoms with Crippen molar-refractivity contribution in [2.75, 3.05) is 18.2 Å². The Morgan fingerprint density at radius 1 is 1.38 bits per heavy atom. The van der Waals surface area contributed by atoms with E-state index in [1.807, 2.05) is 18.2 Å². The predicted molar refractivity (Wildman–Crippen MR) is 104 cm³/mol. The fraction of sp³-hybridized carbons (Fsp3) is 0.176. The van der Waals surface area contributed by atoms with Crippen molar-refractivity contribution >= 4 is 56.8 Å². The minimum atomic E-state index is -0.122. The molecule has 24 heavy (non-hydrogen) atoms. The molecular formula is C17H15ClN2O2S2. The normalized spacial score (nSPS) is 13.0. The van der Waals surface area contributed by atoms with E-state index in [1.165, 1.54) is 17.3 Å². The second kappa shape index (κ2) is 7.96. The molecule has 1 N–H and O–H groups in total. The van der Waals surface area contributed by atoms with Crippen molar-refractivity contribution < 1.29 is 9.53 Å². The second-order valence-electron chi connectivity index (χ2n) is 4.98. The van der Waals surface area contributed by atoms with Crippen LogP contribution in [0.2, 0.25) is 5.02 Å². The molecule has 0 aromatic heterocycles. The molecule has 2 aromatic rings. The Hall–Kier alpha value is -1.63. The highest BCUT2D eigenvalue weighted by atomic mass is 35.5. The molecule has 124 valence electrons. The number of aliphatic imine (C=N–C) groups is 1. The van der Waals surface area contributed by atoms with Gasteiger partial charge in [0.25, 0.3) is 0 Å². The molecule has 1 heterocycles. The van der Waals surface area contributed by atoms with E-state index in [0.717, 1.165) is 15.8 Å². The van der Waals surface area contributed by atoms with Gasteiger partial charge in [-0.2, -0.15) is 0 Å². The molecule has 0 saturated heterocycles. The average molecular weight is 379 g/mol. The van der Waals surface area contributed by atoms with E-state index >= 15 is 0 Å². The zero-order valence-electron chi connectivity index (χ0n) is 12.9. The molecule has 3 rings (SSSR count). The number of rotatable bonds is 4. The van der Waals surface area contributed by atoms with Crippen LogP contribution in [0.1, 0.15) is 5.56 Å². The van der Waals surface area contributed by atoms with Gasteiger partial charge in [0.1, 0.15) is 10.1 Å². The van der Waals surface area contributed by atoms with E-state index in [4.69, 9.17) is 16.3 Å². The summed E-state index contributed by atoms with van der Waals surface area (Å²) in [6.45, 7) is 0. The highest BCUT2D eigenvalue weighted by Gasteiger charge is 2.15. The summed E-state index contributed by atoms with van der Waals surface area (Å²) in [7, 11) is 1.55. The maximum atomic E-state index is 12.2. The number of halogens is 1. The van der Waals surface area contributed by atoms with Crippen molar-refractivity contribution in [1.29, 1.82) is 0 Å². The third-order valence-electron chi connectivity index (χ3n) is 3.32. The number of methoxy groups -OCH3 is 1. The molecule has 4 nitrogen and oxygen atoms in total. The number of benzene rings is 2. The lowest BCUT2D eigenvalue weighted by atomic mass is 10.2. The van der Waals surface area contributed by atoms with Crippen LogP contribution in [0.25, 0.3) is 0 Å². The zero-order valence-corrected chi connectivity index (χ0v) is 15.3. The van der Waals surface area contributed by atoms with Crippen LogP contribution in [0.15, 0.2) is 47.5 Å². The average Bonchev–Trinajstić information content (AvgIpc) is 2.60. The smallest absolute Gasteiger partial charge is 0.234 e.